The summed E-state index contributed by atoms with van der Waals surface area (Å²) in [5, 5.41) is 4.44. The Morgan fingerprint density at radius 3 is 2.39 bits per heavy atom. The Morgan fingerprint density at radius 2 is 1.74 bits per heavy atom. The predicted octanol–water partition coefficient (Wildman–Crippen LogP) is 5.17. The largest absolute Gasteiger partial charge is 0.416 e. The van der Waals surface area contributed by atoms with Crippen LogP contribution in [0.5, 0.6) is 0 Å². The number of hydrogen-bond donors (Lipinski definition) is 1. The van der Waals surface area contributed by atoms with E-state index in [1.54, 1.807) is 12.1 Å². The summed E-state index contributed by atoms with van der Waals surface area (Å²) >= 11 is 1.50. The van der Waals surface area contributed by atoms with Crippen LogP contribution in [0.2, 0.25) is 0 Å². The number of hydrogen-bond acceptors (Lipinski definition) is 5. The fourth-order valence-corrected chi connectivity index (χ4v) is 3.59. The first-order valence-electron chi connectivity index (χ1n) is 9.25. The Bertz CT molecular complexity index is 1080. The molecule has 3 rings (SSSR count). The summed E-state index contributed by atoms with van der Waals surface area (Å²) in [7, 11) is 0. The zero-order valence-corrected chi connectivity index (χ0v) is 17.6. The van der Waals surface area contributed by atoms with E-state index in [1.165, 1.54) is 30.1 Å². The van der Waals surface area contributed by atoms with Crippen molar-refractivity contribution in [3.8, 4) is 0 Å². The zero-order chi connectivity index (χ0) is 22.4. The van der Waals surface area contributed by atoms with Crippen LogP contribution in [-0.2, 0) is 11.9 Å². The highest BCUT2D eigenvalue weighted by Gasteiger charge is 2.30. The highest BCUT2D eigenvalue weighted by molar-refractivity contribution is 7.98. The smallest absolute Gasteiger partial charge is 0.267 e. The van der Waals surface area contributed by atoms with E-state index in [0.717, 1.165) is 29.1 Å². The zero-order valence-electron chi connectivity index (χ0n) is 16.8. The van der Waals surface area contributed by atoms with Crippen LogP contribution in [-0.4, -0.2) is 22.1 Å². The van der Waals surface area contributed by atoms with Crippen LogP contribution in [0.1, 0.15) is 38.4 Å². The molecule has 0 radical (unpaired) electrons. The maximum atomic E-state index is 12.7. The van der Waals surface area contributed by atoms with E-state index in [9.17, 15) is 18.0 Å². The van der Waals surface area contributed by atoms with Crippen molar-refractivity contribution in [2.75, 3.05) is 0 Å². The summed E-state index contributed by atoms with van der Waals surface area (Å²) in [4.78, 5) is 21.0. The maximum Gasteiger partial charge on any atom is 0.416 e. The third-order valence-electron chi connectivity index (χ3n) is 4.14. The molecular formula is C22H19F3N4OS. The first-order valence-corrected chi connectivity index (χ1v) is 10.2. The van der Waals surface area contributed by atoms with E-state index in [4.69, 9.17) is 0 Å². The molecule has 0 aliphatic carbocycles. The van der Waals surface area contributed by atoms with Gasteiger partial charge in [0.1, 0.15) is 0 Å². The first-order chi connectivity index (χ1) is 14.7. The van der Waals surface area contributed by atoms with Crippen LogP contribution >= 0.6 is 11.8 Å². The topological polar surface area (TPSA) is 67.2 Å². The molecule has 3 aromatic rings. The molecule has 0 saturated carbocycles. The average Bonchev–Trinajstić information content (AvgIpc) is 2.71. The summed E-state index contributed by atoms with van der Waals surface area (Å²) in [5.74, 6) is 0.193. The van der Waals surface area contributed by atoms with E-state index in [1.807, 2.05) is 32.0 Å². The molecule has 0 bridgehead atoms. The van der Waals surface area contributed by atoms with E-state index >= 15 is 0 Å². The number of alkyl halides is 3. The summed E-state index contributed by atoms with van der Waals surface area (Å²) in [6.07, 6.45) is -3.26. The van der Waals surface area contributed by atoms with E-state index in [-0.39, 0.29) is 5.56 Å². The fourth-order valence-electron chi connectivity index (χ4n) is 2.68. The molecule has 1 aromatic heterocycles. The summed E-state index contributed by atoms with van der Waals surface area (Å²) in [6, 6.07) is 13.6. The minimum absolute atomic E-state index is 0.233. The molecule has 0 spiro atoms. The van der Waals surface area contributed by atoms with Crippen molar-refractivity contribution < 1.29 is 18.0 Å². The Labute approximate surface area is 181 Å². The molecule has 2 aromatic carbocycles. The van der Waals surface area contributed by atoms with Gasteiger partial charge < -0.3 is 0 Å². The van der Waals surface area contributed by atoms with Crippen molar-refractivity contribution >= 4 is 23.9 Å². The van der Waals surface area contributed by atoms with Crippen molar-refractivity contribution in [2.45, 2.75) is 30.9 Å². The number of aromatic nitrogens is 2. The molecule has 0 unspecified atom stereocenters. The normalized spacial score (nSPS) is 11.6. The number of aryl methyl sites for hydroxylation is 2. The van der Waals surface area contributed by atoms with Gasteiger partial charge in [-0.15, -0.1) is 0 Å². The number of carbonyl (C=O) groups excluding carboxylic acids is 1. The van der Waals surface area contributed by atoms with E-state index in [0.29, 0.717) is 16.5 Å². The third kappa shape index (κ3) is 6.65. The van der Waals surface area contributed by atoms with Crippen LogP contribution in [0.15, 0.2) is 64.9 Å². The second kappa shape index (κ2) is 9.74. The Hall–Kier alpha value is -3.20. The number of nitrogens with one attached hydrogen (secondary N) is 1. The van der Waals surface area contributed by atoms with Gasteiger partial charge in [-0.1, -0.05) is 36.0 Å². The van der Waals surface area contributed by atoms with Crippen molar-refractivity contribution in [3.63, 3.8) is 0 Å². The van der Waals surface area contributed by atoms with Gasteiger partial charge in [0.2, 0.25) is 0 Å². The monoisotopic (exact) mass is 444 g/mol. The Morgan fingerprint density at radius 1 is 1.06 bits per heavy atom. The molecule has 0 aliphatic rings. The molecular weight excluding hydrogens is 425 g/mol. The van der Waals surface area contributed by atoms with Crippen LogP contribution in [0.3, 0.4) is 0 Å². The van der Waals surface area contributed by atoms with Crippen molar-refractivity contribution in [1.29, 1.82) is 0 Å². The summed E-state index contributed by atoms with van der Waals surface area (Å²) < 4.78 is 38.2. The molecule has 5 nitrogen and oxygen atoms in total. The number of halogens is 3. The molecule has 9 heteroatoms. The second-order valence-corrected chi connectivity index (χ2v) is 7.68. The van der Waals surface area contributed by atoms with Gasteiger partial charge in [0.15, 0.2) is 5.16 Å². The number of carbonyl (C=O) groups is 1. The SMILES string of the molecule is Cc1cc(C)nc(SCc2ccc(C(=O)N/N=C\c3cccc(C(F)(F)F)c3)cc2)n1. The highest BCUT2D eigenvalue weighted by atomic mass is 32.2. The lowest BCUT2D eigenvalue weighted by atomic mass is 10.1. The number of rotatable bonds is 6. The van der Waals surface area contributed by atoms with Crippen LogP contribution in [0, 0.1) is 13.8 Å². The van der Waals surface area contributed by atoms with Crippen molar-refractivity contribution in [3.05, 3.63) is 88.2 Å². The van der Waals surface area contributed by atoms with Gasteiger partial charge in [-0.2, -0.15) is 18.3 Å². The highest BCUT2D eigenvalue weighted by Crippen LogP contribution is 2.29. The van der Waals surface area contributed by atoms with Gasteiger partial charge >= 0.3 is 6.18 Å². The fraction of sp³-hybridized carbons (Fsp3) is 0.182. The summed E-state index contributed by atoms with van der Waals surface area (Å²) in [5.41, 5.74) is 4.98. The molecule has 0 aliphatic heterocycles. The van der Waals surface area contributed by atoms with Gasteiger partial charge in [-0.3, -0.25) is 4.79 Å². The Balaban J connectivity index is 1.56. The number of thioether (sulfide) groups is 1. The molecule has 160 valence electrons. The lowest BCUT2D eigenvalue weighted by molar-refractivity contribution is -0.137. The van der Waals surface area contributed by atoms with Gasteiger partial charge in [0.25, 0.3) is 5.91 Å². The maximum absolute atomic E-state index is 12.7. The average molecular weight is 444 g/mol. The molecule has 1 N–H and O–H groups in total. The lowest BCUT2D eigenvalue weighted by Gasteiger charge is -2.06. The van der Waals surface area contributed by atoms with Gasteiger partial charge in [-0.05, 0) is 55.3 Å². The lowest BCUT2D eigenvalue weighted by Crippen LogP contribution is -2.17. The molecule has 0 atom stereocenters. The first kappa shape index (κ1) is 22.5. The quantitative estimate of drug-likeness (QED) is 0.247. The van der Waals surface area contributed by atoms with Crippen LogP contribution in [0.4, 0.5) is 13.2 Å². The van der Waals surface area contributed by atoms with Crippen LogP contribution in [0.25, 0.3) is 0 Å². The third-order valence-corrected chi connectivity index (χ3v) is 5.06. The van der Waals surface area contributed by atoms with E-state index in [2.05, 4.69) is 20.5 Å². The number of nitrogens with zero attached hydrogens (tertiary/aromatic N) is 3. The molecule has 0 fully saturated rings. The second-order valence-electron chi connectivity index (χ2n) is 6.74. The summed E-state index contributed by atoms with van der Waals surface area (Å²) in [6.45, 7) is 3.84. The number of benzene rings is 2. The van der Waals surface area contributed by atoms with Crippen molar-refractivity contribution in [2.24, 2.45) is 5.10 Å². The predicted molar refractivity (Wildman–Crippen MR) is 114 cm³/mol. The molecule has 31 heavy (non-hydrogen) atoms. The van der Waals surface area contributed by atoms with E-state index < -0.39 is 17.6 Å². The Kier molecular flexibility index (Phi) is 7.06. The van der Waals surface area contributed by atoms with Crippen molar-refractivity contribution in [1.82, 2.24) is 15.4 Å². The molecule has 1 amide bonds. The van der Waals surface area contributed by atoms with Crippen LogP contribution < -0.4 is 5.43 Å². The molecule has 1 heterocycles. The molecule has 0 saturated heterocycles. The minimum atomic E-state index is -4.43. The number of hydrazone groups is 1. The van der Waals surface area contributed by atoms with Gasteiger partial charge in [0, 0.05) is 22.7 Å². The van der Waals surface area contributed by atoms with Gasteiger partial charge in [-0.25, -0.2) is 15.4 Å². The minimum Gasteiger partial charge on any atom is -0.267 e. The number of amides is 1. The van der Waals surface area contributed by atoms with Gasteiger partial charge in [0.05, 0.1) is 11.8 Å². The standard InChI is InChI=1S/C22H19F3N4OS/c1-14-10-15(2)28-21(27-14)31-13-16-6-8-18(9-7-16)20(30)29-26-12-17-4-3-5-19(11-17)22(23,24)25/h3-12H,13H2,1-2H3,(H,29,30)/b26-12-.